The Bertz CT molecular complexity index is 357. The minimum Gasteiger partial charge on any atom is -0.331 e. The second-order valence-corrected chi connectivity index (χ2v) is 3.14. The van der Waals surface area contributed by atoms with Gasteiger partial charge in [-0.1, -0.05) is 24.3 Å². The van der Waals surface area contributed by atoms with Gasteiger partial charge < -0.3 is 5.32 Å². The first-order valence-electron chi connectivity index (χ1n) is 4.59. The van der Waals surface area contributed by atoms with Crippen molar-refractivity contribution in [3.05, 3.63) is 42.5 Å². The molecule has 0 aliphatic carbocycles. The fraction of sp³-hybridized carbons (Fsp3) is 0.0909. The van der Waals surface area contributed by atoms with Crippen LogP contribution in [0, 0.1) is 0 Å². The Morgan fingerprint density at radius 3 is 2.73 bits per heavy atom. The number of nitrogens with one attached hydrogen (secondary N) is 2. The number of nitrogens with zero attached hydrogens (tertiary/aromatic N) is 1. The minimum atomic E-state index is 0.474. The number of hydrogen-bond acceptors (Lipinski definition) is 2. The smallest absolute Gasteiger partial charge is 0.191 e. The number of rotatable bonds is 3. The van der Waals surface area contributed by atoms with E-state index in [2.05, 4.69) is 15.8 Å². The van der Waals surface area contributed by atoms with Crippen molar-refractivity contribution in [1.82, 2.24) is 5.43 Å². The van der Waals surface area contributed by atoms with Crippen LogP contribution in [0.3, 0.4) is 0 Å². The summed E-state index contributed by atoms with van der Waals surface area (Å²) in [6, 6.07) is 9.70. The van der Waals surface area contributed by atoms with Crippen molar-refractivity contribution in [3.63, 3.8) is 0 Å². The first kappa shape index (κ1) is 11.4. The molecule has 0 saturated heterocycles. The first-order valence-corrected chi connectivity index (χ1v) is 5.00. The summed E-state index contributed by atoms with van der Waals surface area (Å²) in [6.45, 7) is 1.92. The van der Waals surface area contributed by atoms with Crippen LogP contribution in [0.4, 0.5) is 5.69 Å². The molecule has 0 amide bonds. The quantitative estimate of drug-likeness (QED) is 0.466. The Labute approximate surface area is 94.9 Å². The summed E-state index contributed by atoms with van der Waals surface area (Å²) in [4.78, 5) is 0. The van der Waals surface area contributed by atoms with Crippen LogP contribution in [0.15, 0.2) is 47.6 Å². The normalized spacial score (nSPS) is 10.7. The SMILES string of the molecule is C/C=C/C=N/NC(=S)Nc1ccccc1. The van der Waals surface area contributed by atoms with Crippen molar-refractivity contribution in [3.8, 4) is 0 Å². The van der Waals surface area contributed by atoms with Crippen molar-refractivity contribution >= 4 is 29.2 Å². The van der Waals surface area contributed by atoms with Gasteiger partial charge in [0.15, 0.2) is 5.11 Å². The average Bonchev–Trinajstić information content (AvgIpc) is 2.26. The van der Waals surface area contributed by atoms with E-state index in [1.54, 1.807) is 6.21 Å². The Kier molecular flexibility index (Phi) is 5.11. The van der Waals surface area contributed by atoms with Gasteiger partial charge in [-0.2, -0.15) is 5.10 Å². The van der Waals surface area contributed by atoms with Crippen LogP contribution in [-0.4, -0.2) is 11.3 Å². The van der Waals surface area contributed by atoms with E-state index in [1.807, 2.05) is 49.4 Å². The molecule has 0 aromatic heterocycles. The third-order valence-corrected chi connectivity index (χ3v) is 1.74. The van der Waals surface area contributed by atoms with E-state index < -0.39 is 0 Å². The van der Waals surface area contributed by atoms with Gasteiger partial charge in [0.2, 0.25) is 0 Å². The fourth-order valence-electron chi connectivity index (χ4n) is 0.906. The number of thiocarbonyl (C=S) groups is 1. The molecule has 0 saturated carbocycles. The van der Waals surface area contributed by atoms with Gasteiger partial charge in [-0.25, -0.2) is 0 Å². The molecule has 4 heteroatoms. The van der Waals surface area contributed by atoms with Gasteiger partial charge in [-0.3, -0.25) is 5.43 Å². The van der Waals surface area contributed by atoms with E-state index in [0.29, 0.717) is 5.11 Å². The van der Waals surface area contributed by atoms with E-state index in [9.17, 15) is 0 Å². The number of hydrogen-bond donors (Lipinski definition) is 2. The highest BCUT2D eigenvalue weighted by atomic mass is 32.1. The highest BCUT2D eigenvalue weighted by Crippen LogP contribution is 2.03. The van der Waals surface area contributed by atoms with Crippen molar-refractivity contribution in [1.29, 1.82) is 0 Å². The number of benzene rings is 1. The zero-order valence-electron chi connectivity index (χ0n) is 8.47. The minimum absolute atomic E-state index is 0.474. The van der Waals surface area contributed by atoms with E-state index in [1.165, 1.54) is 0 Å². The topological polar surface area (TPSA) is 36.4 Å². The fourth-order valence-corrected chi connectivity index (χ4v) is 1.08. The van der Waals surface area contributed by atoms with Crippen LogP contribution in [0.25, 0.3) is 0 Å². The maximum atomic E-state index is 5.03. The van der Waals surface area contributed by atoms with Gasteiger partial charge in [0.1, 0.15) is 0 Å². The number of hydrazone groups is 1. The first-order chi connectivity index (χ1) is 7.33. The highest BCUT2D eigenvalue weighted by Gasteiger charge is 1.92. The lowest BCUT2D eigenvalue weighted by molar-refractivity contribution is 1.05. The molecular weight excluding hydrogens is 206 g/mol. The molecule has 3 nitrogen and oxygen atoms in total. The van der Waals surface area contributed by atoms with E-state index >= 15 is 0 Å². The standard InChI is InChI=1S/C11H13N3S/c1-2-3-9-12-14-11(15)13-10-7-5-4-6-8-10/h2-9H,1H3,(H2,13,14,15)/b3-2+,12-9+. The Hall–Kier alpha value is -1.68. The molecule has 0 fully saturated rings. The molecule has 0 bridgehead atoms. The second kappa shape index (κ2) is 6.73. The maximum absolute atomic E-state index is 5.03. The van der Waals surface area contributed by atoms with Gasteiger partial charge in [-0.05, 0) is 37.4 Å². The summed E-state index contributed by atoms with van der Waals surface area (Å²) in [5, 5.41) is 7.37. The van der Waals surface area contributed by atoms with Crippen LogP contribution in [-0.2, 0) is 0 Å². The summed E-state index contributed by atoms with van der Waals surface area (Å²) in [7, 11) is 0. The van der Waals surface area contributed by atoms with Crippen molar-refractivity contribution < 1.29 is 0 Å². The zero-order chi connectivity index (χ0) is 10.9. The Morgan fingerprint density at radius 2 is 2.07 bits per heavy atom. The predicted molar refractivity (Wildman–Crippen MR) is 69.1 cm³/mol. The monoisotopic (exact) mass is 219 g/mol. The molecule has 0 aliphatic heterocycles. The lowest BCUT2D eigenvalue weighted by atomic mass is 10.3. The molecule has 0 unspecified atom stereocenters. The summed E-state index contributed by atoms with van der Waals surface area (Å²) in [6.07, 6.45) is 5.34. The van der Waals surface area contributed by atoms with Crippen LogP contribution in [0.2, 0.25) is 0 Å². The van der Waals surface area contributed by atoms with Gasteiger partial charge >= 0.3 is 0 Å². The molecule has 2 N–H and O–H groups in total. The van der Waals surface area contributed by atoms with Gasteiger partial charge in [-0.15, -0.1) is 0 Å². The molecule has 0 heterocycles. The predicted octanol–water partition coefficient (Wildman–Crippen LogP) is 2.53. The summed E-state index contributed by atoms with van der Waals surface area (Å²) >= 11 is 5.03. The van der Waals surface area contributed by atoms with Crippen LogP contribution >= 0.6 is 12.2 Å². The highest BCUT2D eigenvalue weighted by molar-refractivity contribution is 7.80. The van der Waals surface area contributed by atoms with E-state index in [4.69, 9.17) is 12.2 Å². The Morgan fingerprint density at radius 1 is 1.33 bits per heavy atom. The van der Waals surface area contributed by atoms with Gasteiger partial charge in [0.25, 0.3) is 0 Å². The Balaban J connectivity index is 2.37. The van der Waals surface area contributed by atoms with E-state index in [0.717, 1.165) is 5.69 Å². The molecule has 1 aromatic rings. The molecule has 15 heavy (non-hydrogen) atoms. The molecular formula is C11H13N3S. The van der Waals surface area contributed by atoms with Gasteiger partial charge in [0.05, 0.1) is 0 Å². The number of allylic oxidation sites excluding steroid dienone is 2. The van der Waals surface area contributed by atoms with Crippen molar-refractivity contribution in [2.75, 3.05) is 5.32 Å². The van der Waals surface area contributed by atoms with Crippen LogP contribution < -0.4 is 10.7 Å². The molecule has 1 rings (SSSR count). The third-order valence-electron chi connectivity index (χ3n) is 1.55. The van der Waals surface area contributed by atoms with E-state index in [-0.39, 0.29) is 0 Å². The third kappa shape index (κ3) is 4.93. The maximum Gasteiger partial charge on any atom is 0.191 e. The molecule has 0 atom stereocenters. The lowest BCUT2D eigenvalue weighted by Gasteiger charge is -2.05. The van der Waals surface area contributed by atoms with Gasteiger partial charge in [0, 0.05) is 11.9 Å². The molecule has 0 spiro atoms. The van der Waals surface area contributed by atoms with Crippen molar-refractivity contribution in [2.24, 2.45) is 5.10 Å². The summed E-state index contributed by atoms with van der Waals surface area (Å²) in [5.74, 6) is 0. The molecule has 0 aliphatic rings. The van der Waals surface area contributed by atoms with Crippen LogP contribution in [0.1, 0.15) is 6.92 Å². The molecule has 78 valence electrons. The number of para-hydroxylation sites is 1. The molecule has 1 aromatic carbocycles. The van der Waals surface area contributed by atoms with Crippen molar-refractivity contribution in [2.45, 2.75) is 6.92 Å². The largest absolute Gasteiger partial charge is 0.331 e. The summed E-state index contributed by atoms with van der Waals surface area (Å²) in [5.41, 5.74) is 3.65. The van der Waals surface area contributed by atoms with Crippen LogP contribution in [0.5, 0.6) is 0 Å². The number of anilines is 1. The second-order valence-electron chi connectivity index (χ2n) is 2.74. The average molecular weight is 219 g/mol. The summed E-state index contributed by atoms with van der Waals surface area (Å²) < 4.78 is 0. The lowest BCUT2D eigenvalue weighted by Crippen LogP contribution is -2.23. The zero-order valence-corrected chi connectivity index (χ0v) is 9.29. The molecule has 0 radical (unpaired) electrons.